The molecule has 1 aromatic carbocycles. The van der Waals surface area contributed by atoms with Crippen molar-refractivity contribution < 1.29 is 14.7 Å². The lowest BCUT2D eigenvalue weighted by Crippen LogP contribution is -2.39. The van der Waals surface area contributed by atoms with Crippen LogP contribution in [0.5, 0.6) is 0 Å². The van der Waals surface area contributed by atoms with E-state index < -0.39 is 5.60 Å². The normalized spacial score (nSPS) is 14.9. The molecule has 0 aliphatic carbocycles. The Morgan fingerprint density at radius 3 is 2.85 bits per heavy atom. The lowest BCUT2D eigenvalue weighted by atomic mass is 9.99. The molecule has 1 heterocycles. The topological polar surface area (TPSA) is 61.8 Å². The fraction of sp³-hybridized carbons (Fsp3) is 0.533. The second kappa shape index (κ2) is 5.81. The lowest BCUT2D eigenvalue weighted by molar-refractivity contribution is 0.0578. The molecular formula is C15H22N2O3. The van der Waals surface area contributed by atoms with E-state index in [1.807, 2.05) is 39.0 Å². The van der Waals surface area contributed by atoms with Crippen LogP contribution in [0.2, 0.25) is 0 Å². The Morgan fingerprint density at radius 2 is 2.20 bits per heavy atom. The van der Waals surface area contributed by atoms with Gasteiger partial charge in [-0.05, 0) is 50.8 Å². The zero-order valence-corrected chi connectivity index (χ0v) is 12.3. The number of hydroxylamine groups is 1. The Balaban J connectivity index is 2.22. The molecule has 0 spiro atoms. The Bertz CT molecular complexity index is 494. The third-order valence-corrected chi connectivity index (χ3v) is 3.16. The maximum absolute atomic E-state index is 12.2. The number of nitrogens with one attached hydrogen (secondary N) is 1. The molecule has 110 valence electrons. The molecular weight excluding hydrogens is 256 g/mol. The van der Waals surface area contributed by atoms with E-state index in [1.54, 1.807) is 4.90 Å². The van der Waals surface area contributed by atoms with Gasteiger partial charge in [-0.1, -0.05) is 12.1 Å². The number of hydrogen-bond acceptors (Lipinski definition) is 4. The van der Waals surface area contributed by atoms with Crippen LogP contribution in [0, 0.1) is 0 Å². The van der Waals surface area contributed by atoms with Crippen LogP contribution in [0.15, 0.2) is 18.2 Å². The van der Waals surface area contributed by atoms with E-state index in [2.05, 4.69) is 5.48 Å². The molecule has 2 N–H and O–H groups in total. The molecule has 0 atom stereocenters. The molecule has 1 aliphatic rings. The largest absolute Gasteiger partial charge is 0.443 e. The van der Waals surface area contributed by atoms with E-state index >= 15 is 0 Å². The number of carbonyl (C=O) groups excluding carboxylic acids is 1. The molecule has 0 saturated carbocycles. The number of rotatable bonds is 2. The predicted octanol–water partition coefficient (Wildman–Crippen LogP) is 2.85. The van der Waals surface area contributed by atoms with E-state index in [-0.39, 0.29) is 6.09 Å². The van der Waals surface area contributed by atoms with E-state index in [0.717, 1.165) is 29.7 Å². The molecule has 20 heavy (non-hydrogen) atoms. The van der Waals surface area contributed by atoms with Crippen molar-refractivity contribution >= 4 is 11.8 Å². The molecule has 0 bridgehead atoms. The summed E-state index contributed by atoms with van der Waals surface area (Å²) in [7, 11) is 0. The van der Waals surface area contributed by atoms with E-state index in [0.29, 0.717) is 13.1 Å². The monoisotopic (exact) mass is 278 g/mol. The van der Waals surface area contributed by atoms with Gasteiger partial charge in [-0.3, -0.25) is 4.90 Å². The highest BCUT2D eigenvalue weighted by atomic mass is 16.6. The maximum Gasteiger partial charge on any atom is 0.414 e. The van der Waals surface area contributed by atoms with Crippen LogP contribution in [0.4, 0.5) is 10.5 Å². The van der Waals surface area contributed by atoms with Crippen LogP contribution in [0.1, 0.15) is 38.3 Å². The van der Waals surface area contributed by atoms with Crippen LogP contribution >= 0.6 is 0 Å². The average Bonchev–Trinajstić information content (AvgIpc) is 2.36. The first-order valence-electron chi connectivity index (χ1n) is 6.90. The number of amides is 1. The Labute approximate surface area is 119 Å². The molecule has 0 aromatic heterocycles. The van der Waals surface area contributed by atoms with Gasteiger partial charge in [0.15, 0.2) is 0 Å². The molecule has 5 heteroatoms. The van der Waals surface area contributed by atoms with Gasteiger partial charge in [0.25, 0.3) is 0 Å². The van der Waals surface area contributed by atoms with Crippen molar-refractivity contribution in [2.24, 2.45) is 0 Å². The molecule has 1 aliphatic heterocycles. The van der Waals surface area contributed by atoms with Crippen molar-refractivity contribution in [2.75, 3.05) is 11.4 Å². The SMILES string of the molecule is CC(C)(C)OC(=O)N1CCCc2cc(CNO)ccc21. The fourth-order valence-electron chi connectivity index (χ4n) is 2.36. The minimum Gasteiger partial charge on any atom is -0.443 e. The highest BCUT2D eigenvalue weighted by Gasteiger charge is 2.27. The minimum atomic E-state index is -0.491. The summed E-state index contributed by atoms with van der Waals surface area (Å²) in [4.78, 5) is 13.9. The van der Waals surface area contributed by atoms with Crippen molar-refractivity contribution in [2.45, 2.75) is 45.8 Å². The summed E-state index contributed by atoms with van der Waals surface area (Å²) in [5.74, 6) is 0. The summed E-state index contributed by atoms with van der Waals surface area (Å²) >= 11 is 0. The molecule has 5 nitrogen and oxygen atoms in total. The highest BCUT2D eigenvalue weighted by molar-refractivity contribution is 5.89. The highest BCUT2D eigenvalue weighted by Crippen LogP contribution is 2.29. The Hall–Kier alpha value is -1.59. The first kappa shape index (κ1) is 14.8. The zero-order valence-electron chi connectivity index (χ0n) is 12.3. The molecule has 1 aromatic rings. The van der Waals surface area contributed by atoms with Crippen molar-refractivity contribution in [3.8, 4) is 0 Å². The first-order chi connectivity index (χ1) is 9.40. The smallest absolute Gasteiger partial charge is 0.414 e. The second-order valence-electron chi connectivity index (χ2n) is 6.03. The molecule has 2 rings (SSSR count). The standard InChI is InChI=1S/C15H22N2O3/c1-15(2,3)20-14(18)17-8-4-5-12-9-11(10-16-19)6-7-13(12)17/h6-7,9,16,19H,4-5,8,10H2,1-3H3. The van der Waals surface area contributed by atoms with Crippen LogP contribution in [-0.2, 0) is 17.7 Å². The van der Waals surface area contributed by atoms with Crippen LogP contribution < -0.4 is 10.4 Å². The quantitative estimate of drug-likeness (QED) is 0.817. The van der Waals surface area contributed by atoms with E-state index in [9.17, 15) is 4.79 Å². The summed E-state index contributed by atoms with van der Waals surface area (Å²) < 4.78 is 5.45. The number of carbonyl (C=O) groups is 1. The number of nitrogens with zero attached hydrogens (tertiary/aromatic N) is 1. The lowest BCUT2D eigenvalue weighted by Gasteiger charge is -2.32. The number of ether oxygens (including phenoxy) is 1. The Kier molecular flexibility index (Phi) is 4.30. The number of benzene rings is 1. The third-order valence-electron chi connectivity index (χ3n) is 3.16. The summed E-state index contributed by atoms with van der Waals surface area (Å²) in [5, 5.41) is 8.76. The maximum atomic E-state index is 12.2. The summed E-state index contributed by atoms with van der Waals surface area (Å²) in [6.07, 6.45) is 1.56. The van der Waals surface area contributed by atoms with E-state index in [4.69, 9.17) is 9.94 Å². The molecule has 0 unspecified atom stereocenters. The van der Waals surface area contributed by atoms with Crippen LogP contribution in [0.25, 0.3) is 0 Å². The summed E-state index contributed by atoms with van der Waals surface area (Å²) in [5.41, 5.74) is 4.69. The molecule has 0 saturated heterocycles. The van der Waals surface area contributed by atoms with Gasteiger partial charge < -0.3 is 9.94 Å². The predicted molar refractivity (Wildman–Crippen MR) is 77.0 cm³/mol. The summed E-state index contributed by atoms with van der Waals surface area (Å²) in [6, 6.07) is 5.85. The zero-order chi connectivity index (χ0) is 14.8. The summed E-state index contributed by atoms with van der Waals surface area (Å²) in [6.45, 7) is 6.68. The molecule has 1 amide bonds. The van der Waals surface area contributed by atoms with Crippen molar-refractivity contribution in [1.82, 2.24) is 5.48 Å². The van der Waals surface area contributed by atoms with Crippen LogP contribution in [0.3, 0.4) is 0 Å². The number of anilines is 1. The van der Waals surface area contributed by atoms with Crippen molar-refractivity contribution in [1.29, 1.82) is 0 Å². The van der Waals surface area contributed by atoms with E-state index in [1.165, 1.54) is 0 Å². The Morgan fingerprint density at radius 1 is 1.45 bits per heavy atom. The first-order valence-corrected chi connectivity index (χ1v) is 6.90. The van der Waals surface area contributed by atoms with Gasteiger partial charge in [-0.2, -0.15) is 0 Å². The molecule has 0 radical (unpaired) electrons. The third kappa shape index (κ3) is 3.49. The van der Waals surface area contributed by atoms with Gasteiger partial charge in [-0.25, -0.2) is 10.3 Å². The number of aryl methyl sites for hydroxylation is 1. The van der Waals surface area contributed by atoms with Gasteiger partial charge >= 0.3 is 6.09 Å². The second-order valence-corrected chi connectivity index (χ2v) is 6.03. The van der Waals surface area contributed by atoms with Gasteiger partial charge in [0.05, 0.1) is 5.69 Å². The van der Waals surface area contributed by atoms with Crippen molar-refractivity contribution in [3.05, 3.63) is 29.3 Å². The average molecular weight is 278 g/mol. The number of fused-ring (bicyclic) bond motifs is 1. The van der Waals surface area contributed by atoms with Gasteiger partial charge in [0, 0.05) is 13.1 Å². The molecule has 0 fully saturated rings. The van der Waals surface area contributed by atoms with Crippen molar-refractivity contribution in [3.63, 3.8) is 0 Å². The number of hydrogen-bond donors (Lipinski definition) is 2. The van der Waals surface area contributed by atoms with Gasteiger partial charge in [0.1, 0.15) is 5.60 Å². The van der Waals surface area contributed by atoms with Gasteiger partial charge in [0.2, 0.25) is 0 Å². The van der Waals surface area contributed by atoms with Crippen LogP contribution in [-0.4, -0.2) is 23.4 Å². The minimum absolute atomic E-state index is 0.300. The fourth-order valence-corrected chi connectivity index (χ4v) is 2.36. The van der Waals surface area contributed by atoms with Gasteiger partial charge in [-0.15, -0.1) is 0 Å².